The van der Waals surface area contributed by atoms with Gasteiger partial charge in [-0.1, -0.05) is 12.8 Å². The van der Waals surface area contributed by atoms with Crippen LogP contribution in [0.1, 0.15) is 51.4 Å². The minimum atomic E-state index is -0.172. The molecule has 2 fully saturated rings. The van der Waals surface area contributed by atoms with Gasteiger partial charge in [0.1, 0.15) is 0 Å². The highest BCUT2D eigenvalue weighted by Gasteiger charge is 2.33. The van der Waals surface area contributed by atoms with Crippen molar-refractivity contribution in [2.24, 2.45) is 5.73 Å². The third-order valence-electron chi connectivity index (χ3n) is 3.81. The number of carbonyl (C=O) groups excluding carboxylic acids is 1. The third-order valence-corrected chi connectivity index (χ3v) is 3.81. The summed E-state index contributed by atoms with van der Waals surface area (Å²) in [5.74, 6) is 0.291. The van der Waals surface area contributed by atoms with Gasteiger partial charge in [-0.05, 0) is 32.1 Å². The van der Waals surface area contributed by atoms with Gasteiger partial charge in [0.05, 0.1) is 0 Å². The van der Waals surface area contributed by atoms with Crippen LogP contribution in [0.5, 0.6) is 0 Å². The zero-order valence-electron chi connectivity index (χ0n) is 9.50. The van der Waals surface area contributed by atoms with Crippen LogP contribution in [0.3, 0.4) is 0 Å². The largest absolute Gasteiger partial charge is 0.343 e. The van der Waals surface area contributed by atoms with Crippen LogP contribution in [0, 0.1) is 0 Å². The summed E-state index contributed by atoms with van der Waals surface area (Å²) >= 11 is 0. The molecular formula is C12H22N2O. The summed E-state index contributed by atoms with van der Waals surface area (Å²) in [5, 5.41) is 0. The smallest absolute Gasteiger partial charge is 0.224 e. The highest BCUT2D eigenvalue weighted by atomic mass is 16.2. The van der Waals surface area contributed by atoms with Crippen LogP contribution in [0.15, 0.2) is 0 Å². The van der Waals surface area contributed by atoms with Crippen molar-refractivity contribution in [3.8, 4) is 0 Å². The highest BCUT2D eigenvalue weighted by Crippen LogP contribution is 2.30. The van der Waals surface area contributed by atoms with Crippen molar-refractivity contribution < 1.29 is 4.79 Å². The zero-order valence-corrected chi connectivity index (χ0v) is 9.50. The maximum Gasteiger partial charge on any atom is 0.224 e. The van der Waals surface area contributed by atoms with E-state index in [1.807, 2.05) is 4.90 Å². The van der Waals surface area contributed by atoms with Gasteiger partial charge in [-0.2, -0.15) is 0 Å². The average molecular weight is 210 g/mol. The number of amides is 1. The summed E-state index contributed by atoms with van der Waals surface area (Å²) in [6.07, 6.45) is 8.66. The SMILES string of the molecule is NC1(CC(=O)N2CCCCC2)CCCC1. The van der Waals surface area contributed by atoms with Gasteiger partial charge in [-0.15, -0.1) is 0 Å². The number of likely N-dealkylation sites (tertiary alicyclic amines) is 1. The lowest BCUT2D eigenvalue weighted by molar-refractivity contribution is -0.133. The van der Waals surface area contributed by atoms with Crippen LogP contribution in [-0.2, 0) is 4.79 Å². The molecule has 0 radical (unpaired) electrons. The topological polar surface area (TPSA) is 46.3 Å². The number of nitrogens with two attached hydrogens (primary N) is 1. The molecule has 1 amide bonds. The van der Waals surface area contributed by atoms with Gasteiger partial charge >= 0.3 is 0 Å². The maximum absolute atomic E-state index is 12.0. The Bertz CT molecular complexity index is 228. The van der Waals surface area contributed by atoms with E-state index >= 15 is 0 Å². The molecule has 0 unspecified atom stereocenters. The molecule has 0 aromatic carbocycles. The number of hydrogen-bond donors (Lipinski definition) is 1. The zero-order chi connectivity index (χ0) is 10.7. The minimum Gasteiger partial charge on any atom is -0.343 e. The molecule has 1 aliphatic carbocycles. The first-order chi connectivity index (χ1) is 7.20. The summed E-state index contributed by atoms with van der Waals surface area (Å²) in [7, 11) is 0. The second kappa shape index (κ2) is 4.52. The summed E-state index contributed by atoms with van der Waals surface area (Å²) < 4.78 is 0. The number of nitrogens with zero attached hydrogens (tertiary/aromatic N) is 1. The van der Waals surface area contributed by atoms with E-state index in [1.54, 1.807) is 0 Å². The van der Waals surface area contributed by atoms with Crippen LogP contribution >= 0.6 is 0 Å². The molecule has 0 aromatic rings. The molecule has 1 heterocycles. The molecule has 0 atom stereocenters. The van der Waals surface area contributed by atoms with Crippen molar-refractivity contribution >= 4 is 5.91 Å². The van der Waals surface area contributed by atoms with E-state index in [2.05, 4.69) is 0 Å². The Kier molecular flexibility index (Phi) is 3.29. The van der Waals surface area contributed by atoms with Gasteiger partial charge in [0, 0.05) is 25.0 Å². The van der Waals surface area contributed by atoms with E-state index in [1.165, 1.54) is 32.1 Å². The average Bonchev–Trinajstić information content (AvgIpc) is 2.66. The second-order valence-electron chi connectivity index (χ2n) is 5.19. The van der Waals surface area contributed by atoms with E-state index in [9.17, 15) is 4.79 Å². The Morgan fingerprint density at radius 1 is 1.07 bits per heavy atom. The number of piperidine rings is 1. The molecule has 3 nitrogen and oxygen atoms in total. The van der Waals surface area contributed by atoms with Gasteiger partial charge in [-0.3, -0.25) is 4.79 Å². The number of rotatable bonds is 2. The van der Waals surface area contributed by atoms with Gasteiger partial charge in [0.25, 0.3) is 0 Å². The Balaban J connectivity index is 1.85. The molecule has 1 saturated carbocycles. The van der Waals surface area contributed by atoms with Crippen molar-refractivity contribution in [2.75, 3.05) is 13.1 Å². The van der Waals surface area contributed by atoms with Crippen LogP contribution in [0.4, 0.5) is 0 Å². The second-order valence-corrected chi connectivity index (χ2v) is 5.19. The fraction of sp³-hybridized carbons (Fsp3) is 0.917. The van der Waals surface area contributed by atoms with Crippen molar-refractivity contribution in [3.05, 3.63) is 0 Å². The first-order valence-corrected chi connectivity index (χ1v) is 6.26. The summed E-state index contributed by atoms with van der Waals surface area (Å²) in [6, 6.07) is 0. The van der Waals surface area contributed by atoms with E-state index in [-0.39, 0.29) is 5.54 Å². The molecule has 15 heavy (non-hydrogen) atoms. The van der Waals surface area contributed by atoms with Crippen LogP contribution in [0.2, 0.25) is 0 Å². The lowest BCUT2D eigenvalue weighted by Crippen LogP contribution is -2.45. The van der Waals surface area contributed by atoms with Gasteiger partial charge in [0.2, 0.25) is 5.91 Å². The van der Waals surface area contributed by atoms with Gasteiger partial charge in [-0.25, -0.2) is 0 Å². The van der Waals surface area contributed by atoms with Crippen molar-refractivity contribution in [3.63, 3.8) is 0 Å². The number of hydrogen-bond acceptors (Lipinski definition) is 2. The van der Waals surface area contributed by atoms with Crippen LogP contribution in [-0.4, -0.2) is 29.4 Å². The van der Waals surface area contributed by atoms with Crippen molar-refractivity contribution in [2.45, 2.75) is 56.9 Å². The first-order valence-electron chi connectivity index (χ1n) is 6.26. The monoisotopic (exact) mass is 210 g/mol. The Labute approximate surface area is 92.0 Å². The minimum absolute atomic E-state index is 0.172. The maximum atomic E-state index is 12.0. The molecule has 2 rings (SSSR count). The standard InChI is InChI=1S/C12H22N2O/c13-12(6-2-3-7-12)10-11(15)14-8-4-1-5-9-14/h1-10,13H2. The van der Waals surface area contributed by atoms with Gasteiger partial charge in [0.15, 0.2) is 0 Å². The lowest BCUT2D eigenvalue weighted by Gasteiger charge is -2.31. The van der Waals surface area contributed by atoms with Crippen molar-refractivity contribution in [1.29, 1.82) is 0 Å². The molecule has 1 saturated heterocycles. The Morgan fingerprint density at radius 3 is 2.27 bits per heavy atom. The van der Waals surface area contributed by atoms with E-state index < -0.39 is 0 Å². The quantitative estimate of drug-likeness (QED) is 0.753. The molecular weight excluding hydrogens is 188 g/mol. The fourth-order valence-corrected chi connectivity index (χ4v) is 2.81. The molecule has 0 aromatic heterocycles. The number of carbonyl (C=O) groups is 1. The Hall–Kier alpha value is -0.570. The Morgan fingerprint density at radius 2 is 1.67 bits per heavy atom. The predicted octanol–water partition coefficient (Wildman–Crippen LogP) is 1.66. The molecule has 3 heteroatoms. The lowest BCUT2D eigenvalue weighted by atomic mass is 9.93. The highest BCUT2D eigenvalue weighted by molar-refractivity contribution is 5.77. The first kappa shape index (κ1) is 10.9. The van der Waals surface area contributed by atoms with E-state index in [4.69, 9.17) is 5.73 Å². The normalized spacial score (nSPS) is 25.5. The molecule has 0 bridgehead atoms. The molecule has 0 spiro atoms. The van der Waals surface area contributed by atoms with E-state index in [0.29, 0.717) is 12.3 Å². The van der Waals surface area contributed by atoms with Crippen molar-refractivity contribution in [1.82, 2.24) is 4.90 Å². The molecule has 2 N–H and O–H groups in total. The van der Waals surface area contributed by atoms with Crippen LogP contribution in [0.25, 0.3) is 0 Å². The third kappa shape index (κ3) is 2.71. The van der Waals surface area contributed by atoms with E-state index in [0.717, 1.165) is 25.9 Å². The fourth-order valence-electron chi connectivity index (χ4n) is 2.81. The summed E-state index contributed by atoms with van der Waals surface area (Å²) in [5.41, 5.74) is 6.05. The predicted molar refractivity (Wildman–Crippen MR) is 60.4 cm³/mol. The molecule has 1 aliphatic heterocycles. The van der Waals surface area contributed by atoms with Gasteiger partial charge < -0.3 is 10.6 Å². The molecule has 86 valence electrons. The van der Waals surface area contributed by atoms with Crippen LogP contribution < -0.4 is 5.73 Å². The summed E-state index contributed by atoms with van der Waals surface area (Å²) in [6.45, 7) is 1.91. The molecule has 2 aliphatic rings. The summed E-state index contributed by atoms with van der Waals surface area (Å²) in [4.78, 5) is 14.0.